The average molecular weight is 176 g/mol. The van der Waals surface area contributed by atoms with E-state index in [0.717, 1.165) is 5.69 Å². The van der Waals surface area contributed by atoms with Crippen LogP contribution in [0.2, 0.25) is 0 Å². The fourth-order valence-corrected chi connectivity index (χ4v) is 1.57. The van der Waals surface area contributed by atoms with Crippen LogP contribution in [-0.4, -0.2) is 4.98 Å². The zero-order valence-corrected chi connectivity index (χ0v) is 8.25. The van der Waals surface area contributed by atoms with Crippen molar-refractivity contribution < 1.29 is 0 Å². The van der Waals surface area contributed by atoms with E-state index in [9.17, 15) is 0 Å². The highest BCUT2D eigenvalue weighted by molar-refractivity contribution is 5.21. The van der Waals surface area contributed by atoms with Crippen LogP contribution in [-0.2, 0) is 0 Å². The lowest BCUT2D eigenvalue weighted by atomic mass is 9.94. The standard InChI is InChI=1S/C11H16N2/c1-8-3-4-9(7-13-8)10(12)11(2)5-6-11/h3-4,7,10H,5-6,12H2,1-2H3. The molecule has 1 heterocycles. The minimum Gasteiger partial charge on any atom is -0.323 e. The highest BCUT2D eigenvalue weighted by atomic mass is 14.8. The summed E-state index contributed by atoms with van der Waals surface area (Å²) in [6.45, 7) is 4.24. The summed E-state index contributed by atoms with van der Waals surface area (Å²) in [6, 6.07) is 4.29. The molecular formula is C11H16N2. The monoisotopic (exact) mass is 176 g/mol. The van der Waals surface area contributed by atoms with Gasteiger partial charge in [-0.05, 0) is 36.8 Å². The molecule has 0 saturated heterocycles. The minimum absolute atomic E-state index is 0.167. The number of hydrogen-bond acceptors (Lipinski definition) is 2. The highest BCUT2D eigenvalue weighted by Gasteiger charge is 2.43. The van der Waals surface area contributed by atoms with Crippen molar-refractivity contribution in [2.45, 2.75) is 32.7 Å². The van der Waals surface area contributed by atoms with Crippen LogP contribution in [0.5, 0.6) is 0 Å². The van der Waals surface area contributed by atoms with Gasteiger partial charge in [-0.2, -0.15) is 0 Å². The molecule has 1 aliphatic rings. The van der Waals surface area contributed by atoms with E-state index < -0.39 is 0 Å². The number of rotatable bonds is 2. The normalized spacial score (nSPS) is 21.2. The topological polar surface area (TPSA) is 38.9 Å². The second-order valence-corrected chi connectivity index (χ2v) is 4.36. The van der Waals surface area contributed by atoms with Gasteiger partial charge in [-0.25, -0.2) is 0 Å². The second-order valence-electron chi connectivity index (χ2n) is 4.36. The maximum absolute atomic E-state index is 6.14. The van der Waals surface area contributed by atoms with Gasteiger partial charge in [0.05, 0.1) is 0 Å². The van der Waals surface area contributed by atoms with Crippen LogP contribution in [0, 0.1) is 12.3 Å². The Labute approximate surface area is 79.2 Å². The van der Waals surface area contributed by atoms with E-state index in [0.29, 0.717) is 5.41 Å². The Kier molecular flexibility index (Phi) is 1.88. The van der Waals surface area contributed by atoms with E-state index in [1.54, 1.807) is 0 Å². The summed E-state index contributed by atoms with van der Waals surface area (Å²) in [4.78, 5) is 4.26. The average Bonchev–Trinajstić information content (AvgIpc) is 2.85. The largest absolute Gasteiger partial charge is 0.323 e. The number of nitrogens with two attached hydrogens (primary N) is 1. The Balaban J connectivity index is 2.20. The van der Waals surface area contributed by atoms with Gasteiger partial charge in [-0.15, -0.1) is 0 Å². The maximum Gasteiger partial charge on any atom is 0.0372 e. The van der Waals surface area contributed by atoms with E-state index in [1.165, 1.54) is 18.4 Å². The Morgan fingerprint density at radius 3 is 2.62 bits per heavy atom. The van der Waals surface area contributed by atoms with Gasteiger partial charge in [0.15, 0.2) is 0 Å². The second kappa shape index (κ2) is 2.81. The molecule has 0 aliphatic heterocycles. The van der Waals surface area contributed by atoms with Crippen LogP contribution in [0.1, 0.15) is 37.1 Å². The summed E-state index contributed by atoms with van der Waals surface area (Å²) in [5.41, 5.74) is 8.71. The van der Waals surface area contributed by atoms with Gasteiger partial charge >= 0.3 is 0 Å². The molecule has 0 radical (unpaired) electrons. The summed E-state index contributed by atoms with van der Waals surface area (Å²) >= 11 is 0. The predicted molar refractivity (Wildman–Crippen MR) is 53.2 cm³/mol. The van der Waals surface area contributed by atoms with Crippen molar-refractivity contribution in [3.8, 4) is 0 Å². The molecule has 70 valence electrons. The van der Waals surface area contributed by atoms with Gasteiger partial charge in [0.1, 0.15) is 0 Å². The molecular weight excluding hydrogens is 160 g/mol. The van der Waals surface area contributed by atoms with Crippen LogP contribution in [0.25, 0.3) is 0 Å². The quantitative estimate of drug-likeness (QED) is 0.750. The first-order valence-corrected chi connectivity index (χ1v) is 4.80. The molecule has 0 bridgehead atoms. The molecule has 0 amide bonds. The van der Waals surface area contributed by atoms with Crippen LogP contribution in [0.3, 0.4) is 0 Å². The summed E-state index contributed by atoms with van der Waals surface area (Å²) in [7, 11) is 0. The number of aryl methyl sites for hydroxylation is 1. The van der Waals surface area contributed by atoms with Crippen molar-refractivity contribution in [3.05, 3.63) is 29.6 Å². The fraction of sp³-hybridized carbons (Fsp3) is 0.545. The van der Waals surface area contributed by atoms with Gasteiger partial charge < -0.3 is 5.73 Å². The van der Waals surface area contributed by atoms with Crippen molar-refractivity contribution in [1.82, 2.24) is 4.98 Å². The first-order chi connectivity index (χ1) is 6.12. The SMILES string of the molecule is Cc1ccc(C(N)C2(C)CC2)cn1. The summed E-state index contributed by atoms with van der Waals surface area (Å²) in [6.07, 6.45) is 4.41. The van der Waals surface area contributed by atoms with Crippen molar-refractivity contribution in [2.24, 2.45) is 11.1 Å². The van der Waals surface area contributed by atoms with Crippen molar-refractivity contribution in [1.29, 1.82) is 0 Å². The summed E-state index contributed by atoms with van der Waals surface area (Å²) in [5.74, 6) is 0. The van der Waals surface area contributed by atoms with Crippen molar-refractivity contribution in [3.63, 3.8) is 0 Å². The molecule has 1 unspecified atom stereocenters. The molecule has 2 nitrogen and oxygen atoms in total. The molecule has 1 aromatic heterocycles. The summed E-state index contributed by atoms with van der Waals surface area (Å²) in [5, 5.41) is 0. The third-order valence-electron chi connectivity index (χ3n) is 3.08. The molecule has 2 rings (SSSR count). The number of pyridine rings is 1. The first kappa shape index (κ1) is 8.70. The van der Waals surface area contributed by atoms with E-state index in [-0.39, 0.29) is 6.04 Å². The zero-order chi connectivity index (χ0) is 9.47. The zero-order valence-electron chi connectivity index (χ0n) is 8.25. The molecule has 2 heteroatoms. The molecule has 2 N–H and O–H groups in total. The number of aromatic nitrogens is 1. The van der Waals surface area contributed by atoms with Crippen LogP contribution >= 0.6 is 0 Å². The maximum atomic E-state index is 6.14. The van der Waals surface area contributed by atoms with Crippen LogP contribution in [0.4, 0.5) is 0 Å². The van der Waals surface area contributed by atoms with E-state index in [4.69, 9.17) is 5.73 Å². The van der Waals surface area contributed by atoms with Gasteiger partial charge in [0, 0.05) is 17.9 Å². The molecule has 1 atom stereocenters. The Morgan fingerprint density at radius 1 is 1.46 bits per heavy atom. The fourth-order valence-electron chi connectivity index (χ4n) is 1.57. The number of hydrogen-bond donors (Lipinski definition) is 1. The summed E-state index contributed by atoms with van der Waals surface area (Å²) < 4.78 is 0. The highest BCUT2D eigenvalue weighted by Crippen LogP contribution is 2.53. The molecule has 0 aromatic carbocycles. The Bertz CT molecular complexity index is 298. The third-order valence-corrected chi connectivity index (χ3v) is 3.08. The smallest absolute Gasteiger partial charge is 0.0372 e. The van der Waals surface area contributed by atoms with Crippen molar-refractivity contribution >= 4 is 0 Å². The van der Waals surface area contributed by atoms with Gasteiger partial charge in [0.2, 0.25) is 0 Å². The molecule has 1 saturated carbocycles. The lowest BCUT2D eigenvalue weighted by Crippen LogP contribution is -2.20. The Morgan fingerprint density at radius 2 is 2.15 bits per heavy atom. The van der Waals surface area contributed by atoms with Crippen LogP contribution in [0.15, 0.2) is 18.3 Å². The van der Waals surface area contributed by atoms with E-state index in [1.807, 2.05) is 19.2 Å². The van der Waals surface area contributed by atoms with E-state index in [2.05, 4.69) is 18.0 Å². The minimum atomic E-state index is 0.167. The van der Waals surface area contributed by atoms with Crippen molar-refractivity contribution in [2.75, 3.05) is 0 Å². The lowest BCUT2D eigenvalue weighted by Gasteiger charge is -2.18. The lowest BCUT2D eigenvalue weighted by molar-refractivity contribution is 0.450. The molecule has 0 spiro atoms. The molecule has 1 fully saturated rings. The van der Waals surface area contributed by atoms with Gasteiger partial charge in [0.25, 0.3) is 0 Å². The molecule has 1 aromatic rings. The van der Waals surface area contributed by atoms with E-state index >= 15 is 0 Å². The Hall–Kier alpha value is -0.890. The van der Waals surface area contributed by atoms with Gasteiger partial charge in [-0.3, -0.25) is 4.98 Å². The van der Waals surface area contributed by atoms with Crippen LogP contribution < -0.4 is 5.73 Å². The number of nitrogens with zero attached hydrogens (tertiary/aromatic N) is 1. The molecule has 1 aliphatic carbocycles. The predicted octanol–water partition coefficient (Wildman–Crippen LogP) is 2.19. The molecule has 13 heavy (non-hydrogen) atoms. The van der Waals surface area contributed by atoms with Gasteiger partial charge in [-0.1, -0.05) is 13.0 Å². The first-order valence-electron chi connectivity index (χ1n) is 4.80. The third kappa shape index (κ3) is 1.59.